The molecule has 0 unspecified atom stereocenters. The lowest BCUT2D eigenvalue weighted by Crippen LogP contribution is -2.54. The molecule has 1 fully saturated rings. The monoisotopic (exact) mass is 258 g/mol. The molecule has 4 heteroatoms. The summed E-state index contributed by atoms with van der Waals surface area (Å²) in [7, 11) is 0. The van der Waals surface area contributed by atoms with Crippen molar-refractivity contribution in [2.45, 2.75) is 39.2 Å². The number of hydrogen-bond donors (Lipinski definition) is 1. The molecule has 1 aliphatic heterocycles. The van der Waals surface area contributed by atoms with E-state index in [-0.39, 0.29) is 5.54 Å². The standard InChI is InChI=1S/C14H30N2O2/c1-4-5-10-17-11-7-15-6-8-16-9-12-18-13-14(16,2)3/h15H,4-13H2,1-3H3. The Bertz CT molecular complexity index is 210. The number of ether oxygens (including phenoxy) is 2. The maximum atomic E-state index is 5.52. The molecule has 18 heavy (non-hydrogen) atoms. The maximum absolute atomic E-state index is 5.52. The molecule has 0 amide bonds. The van der Waals surface area contributed by atoms with E-state index in [9.17, 15) is 0 Å². The first-order chi connectivity index (χ1) is 8.67. The van der Waals surface area contributed by atoms with Crippen LogP contribution in [0.25, 0.3) is 0 Å². The van der Waals surface area contributed by atoms with Gasteiger partial charge in [0.2, 0.25) is 0 Å². The van der Waals surface area contributed by atoms with E-state index in [1.807, 2.05) is 0 Å². The molecule has 108 valence electrons. The highest BCUT2D eigenvalue weighted by molar-refractivity contribution is 4.84. The third kappa shape index (κ3) is 6.14. The summed E-state index contributed by atoms with van der Waals surface area (Å²) in [5, 5.41) is 3.44. The van der Waals surface area contributed by atoms with Crippen molar-refractivity contribution in [3.05, 3.63) is 0 Å². The Morgan fingerprint density at radius 3 is 2.83 bits per heavy atom. The lowest BCUT2D eigenvalue weighted by atomic mass is 10.0. The van der Waals surface area contributed by atoms with Gasteiger partial charge in [0.25, 0.3) is 0 Å². The van der Waals surface area contributed by atoms with Gasteiger partial charge in [-0.05, 0) is 20.3 Å². The van der Waals surface area contributed by atoms with Crippen LogP contribution in [0.5, 0.6) is 0 Å². The molecule has 0 radical (unpaired) electrons. The molecule has 0 aromatic carbocycles. The summed E-state index contributed by atoms with van der Waals surface area (Å²) in [6.45, 7) is 14.2. The van der Waals surface area contributed by atoms with E-state index >= 15 is 0 Å². The van der Waals surface area contributed by atoms with E-state index in [1.165, 1.54) is 12.8 Å². The highest BCUT2D eigenvalue weighted by Crippen LogP contribution is 2.17. The molecule has 1 saturated heterocycles. The van der Waals surface area contributed by atoms with E-state index in [4.69, 9.17) is 9.47 Å². The average Bonchev–Trinajstić information content (AvgIpc) is 2.34. The van der Waals surface area contributed by atoms with E-state index in [0.717, 1.165) is 52.6 Å². The Morgan fingerprint density at radius 2 is 2.11 bits per heavy atom. The van der Waals surface area contributed by atoms with E-state index in [0.29, 0.717) is 0 Å². The first-order valence-electron chi connectivity index (χ1n) is 7.28. The summed E-state index contributed by atoms with van der Waals surface area (Å²) in [6.07, 6.45) is 2.38. The molecule has 0 saturated carbocycles. The van der Waals surface area contributed by atoms with Gasteiger partial charge in [-0.2, -0.15) is 0 Å². The highest BCUT2D eigenvalue weighted by atomic mass is 16.5. The fourth-order valence-electron chi connectivity index (χ4n) is 2.14. The van der Waals surface area contributed by atoms with Crippen LogP contribution >= 0.6 is 0 Å². The van der Waals surface area contributed by atoms with Gasteiger partial charge in [-0.1, -0.05) is 13.3 Å². The minimum absolute atomic E-state index is 0.178. The minimum atomic E-state index is 0.178. The van der Waals surface area contributed by atoms with Crippen LogP contribution in [0.1, 0.15) is 33.6 Å². The van der Waals surface area contributed by atoms with Crippen molar-refractivity contribution in [1.29, 1.82) is 0 Å². The second kappa shape index (κ2) is 8.86. The lowest BCUT2D eigenvalue weighted by molar-refractivity contribution is -0.0501. The van der Waals surface area contributed by atoms with E-state index in [1.54, 1.807) is 0 Å². The van der Waals surface area contributed by atoms with Gasteiger partial charge in [0.1, 0.15) is 0 Å². The second-order valence-electron chi connectivity index (χ2n) is 5.57. The second-order valence-corrected chi connectivity index (χ2v) is 5.57. The van der Waals surface area contributed by atoms with Gasteiger partial charge >= 0.3 is 0 Å². The van der Waals surface area contributed by atoms with Gasteiger partial charge in [-0.3, -0.25) is 4.90 Å². The number of rotatable bonds is 9. The van der Waals surface area contributed by atoms with E-state index in [2.05, 4.69) is 31.0 Å². The summed E-state index contributed by atoms with van der Waals surface area (Å²) < 4.78 is 11.0. The van der Waals surface area contributed by atoms with Gasteiger partial charge in [-0.25, -0.2) is 0 Å². The van der Waals surface area contributed by atoms with Gasteiger partial charge < -0.3 is 14.8 Å². The third-order valence-electron chi connectivity index (χ3n) is 3.44. The topological polar surface area (TPSA) is 33.7 Å². The Kier molecular flexibility index (Phi) is 7.82. The Balaban J connectivity index is 1.97. The predicted octanol–water partition coefficient (Wildman–Crippen LogP) is 1.50. The quantitative estimate of drug-likeness (QED) is 0.636. The van der Waals surface area contributed by atoms with E-state index < -0.39 is 0 Å². The normalized spacial score (nSPS) is 20.2. The molecule has 4 nitrogen and oxygen atoms in total. The molecule has 0 aromatic rings. The average molecular weight is 258 g/mol. The summed E-state index contributed by atoms with van der Waals surface area (Å²) >= 11 is 0. The highest BCUT2D eigenvalue weighted by Gasteiger charge is 2.29. The van der Waals surface area contributed by atoms with Gasteiger partial charge in [0.15, 0.2) is 0 Å². The van der Waals surface area contributed by atoms with Crippen LogP contribution in [0.2, 0.25) is 0 Å². The number of nitrogens with zero attached hydrogens (tertiary/aromatic N) is 1. The zero-order valence-corrected chi connectivity index (χ0v) is 12.3. The molecule has 0 spiro atoms. The van der Waals surface area contributed by atoms with Crippen LogP contribution in [-0.2, 0) is 9.47 Å². The summed E-state index contributed by atoms with van der Waals surface area (Å²) in [5.41, 5.74) is 0.178. The van der Waals surface area contributed by atoms with Gasteiger partial charge in [0.05, 0.1) is 19.8 Å². The van der Waals surface area contributed by atoms with Crippen LogP contribution in [-0.4, -0.2) is 63.0 Å². The Morgan fingerprint density at radius 1 is 1.28 bits per heavy atom. The van der Waals surface area contributed by atoms with Crippen LogP contribution in [0, 0.1) is 0 Å². The Labute approximate surface area is 112 Å². The van der Waals surface area contributed by atoms with Crippen LogP contribution in [0.3, 0.4) is 0 Å². The van der Waals surface area contributed by atoms with Crippen LogP contribution < -0.4 is 5.32 Å². The first kappa shape index (κ1) is 15.9. The number of morpholine rings is 1. The fourth-order valence-corrected chi connectivity index (χ4v) is 2.14. The minimum Gasteiger partial charge on any atom is -0.380 e. The largest absolute Gasteiger partial charge is 0.380 e. The maximum Gasteiger partial charge on any atom is 0.0645 e. The van der Waals surface area contributed by atoms with Crippen molar-refractivity contribution in [1.82, 2.24) is 10.2 Å². The van der Waals surface area contributed by atoms with Crippen molar-refractivity contribution < 1.29 is 9.47 Å². The van der Waals surface area contributed by atoms with Crippen molar-refractivity contribution in [2.75, 3.05) is 52.6 Å². The van der Waals surface area contributed by atoms with Crippen molar-refractivity contribution >= 4 is 0 Å². The van der Waals surface area contributed by atoms with Gasteiger partial charge in [0, 0.05) is 38.3 Å². The van der Waals surface area contributed by atoms with Crippen LogP contribution in [0.15, 0.2) is 0 Å². The molecule has 1 heterocycles. The van der Waals surface area contributed by atoms with Crippen molar-refractivity contribution in [2.24, 2.45) is 0 Å². The zero-order valence-electron chi connectivity index (χ0n) is 12.3. The Hall–Kier alpha value is -0.160. The lowest BCUT2D eigenvalue weighted by Gasteiger charge is -2.42. The molecular weight excluding hydrogens is 228 g/mol. The zero-order chi connectivity index (χ0) is 13.3. The number of hydrogen-bond acceptors (Lipinski definition) is 4. The molecule has 1 rings (SSSR count). The third-order valence-corrected chi connectivity index (χ3v) is 3.44. The molecule has 1 N–H and O–H groups in total. The molecule has 1 aliphatic rings. The van der Waals surface area contributed by atoms with Gasteiger partial charge in [-0.15, -0.1) is 0 Å². The van der Waals surface area contributed by atoms with Crippen molar-refractivity contribution in [3.63, 3.8) is 0 Å². The summed E-state index contributed by atoms with van der Waals surface area (Å²) in [5.74, 6) is 0. The summed E-state index contributed by atoms with van der Waals surface area (Å²) in [4.78, 5) is 2.50. The summed E-state index contributed by atoms with van der Waals surface area (Å²) in [6, 6.07) is 0. The molecule has 0 aromatic heterocycles. The van der Waals surface area contributed by atoms with Crippen molar-refractivity contribution in [3.8, 4) is 0 Å². The first-order valence-corrected chi connectivity index (χ1v) is 7.28. The smallest absolute Gasteiger partial charge is 0.0645 e. The SMILES string of the molecule is CCCCOCCNCCN1CCOCC1(C)C. The number of nitrogens with one attached hydrogen (secondary N) is 1. The number of unbranched alkanes of at least 4 members (excludes halogenated alkanes) is 1. The molecule has 0 bridgehead atoms. The molecule has 0 aliphatic carbocycles. The van der Waals surface area contributed by atoms with Crippen LogP contribution in [0.4, 0.5) is 0 Å². The predicted molar refractivity (Wildman–Crippen MR) is 75.1 cm³/mol. The molecular formula is C14H30N2O2. The fraction of sp³-hybridized carbons (Fsp3) is 1.00. The molecule has 0 atom stereocenters.